The smallest absolute Gasteiger partial charge is 0.220 e. The van der Waals surface area contributed by atoms with Crippen molar-refractivity contribution in [1.29, 1.82) is 0 Å². The first-order valence-corrected chi connectivity index (χ1v) is 8.80. The Labute approximate surface area is 124 Å². The van der Waals surface area contributed by atoms with Gasteiger partial charge >= 0.3 is 0 Å². The standard InChI is InChI=1S/C17H32N2O/c1-2-18-15-9-11-16(12-10-15)19-17(20)13-8-14-6-4-3-5-7-14/h14-16,18H,2-13H2,1H3,(H,19,20). The lowest BCUT2D eigenvalue weighted by Gasteiger charge is -2.29. The van der Waals surface area contributed by atoms with Crippen LogP contribution in [0.5, 0.6) is 0 Å². The molecule has 3 heteroatoms. The van der Waals surface area contributed by atoms with Crippen molar-refractivity contribution in [2.75, 3.05) is 6.54 Å². The zero-order chi connectivity index (χ0) is 14.2. The van der Waals surface area contributed by atoms with E-state index in [-0.39, 0.29) is 0 Å². The summed E-state index contributed by atoms with van der Waals surface area (Å²) >= 11 is 0. The predicted octanol–water partition coefficient (Wildman–Crippen LogP) is 3.38. The van der Waals surface area contributed by atoms with Crippen LogP contribution in [0, 0.1) is 5.92 Å². The fourth-order valence-corrected chi connectivity index (χ4v) is 3.84. The summed E-state index contributed by atoms with van der Waals surface area (Å²) in [6.07, 6.45) is 13.4. The fourth-order valence-electron chi connectivity index (χ4n) is 3.84. The molecule has 20 heavy (non-hydrogen) atoms. The topological polar surface area (TPSA) is 41.1 Å². The van der Waals surface area contributed by atoms with Crippen LogP contribution in [-0.2, 0) is 4.79 Å². The molecule has 0 saturated heterocycles. The first-order valence-electron chi connectivity index (χ1n) is 8.80. The van der Waals surface area contributed by atoms with Gasteiger partial charge in [0.1, 0.15) is 0 Å². The second-order valence-electron chi connectivity index (χ2n) is 6.72. The summed E-state index contributed by atoms with van der Waals surface area (Å²) in [5.41, 5.74) is 0. The van der Waals surface area contributed by atoms with Gasteiger partial charge < -0.3 is 10.6 Å². The minimum Gasteiger partial charge on any atom is -0.353 e. The molecule has 0 aliphatic heterocycles. The van der Waals surface area contributed by atoms with E-state index in [4.69, 9.17) is 0 Å². The number of carbonyl (C=O) groups is 1. The van der Waals surface area contributed by atoms with Gasteiger partial charge in [0.05, 0.1) is 0 Å². The van der Waals surface area contributed by atoms with Crippen molar-refractivity contribution < 1.29 is 4.79 Å². The molecular weight excluding hydrogens is 248 g/mol. The van der Waals surface area contributed by atoms with Gasteiger partial charge in [0.15, 0.2) is 0 Å². The van der Waals surface area contributed by atoms with Crippen molar-refractivity contribution in [3.8, 4) is 0 Å². The maximum absolute atomic E-state index is 12.0. The summed E-state index contributed by atoms with van der Waals surface area (Å²) in [4.78, 5) is 12.0. The van der Waals surface area contributed by atoms with Gasteiger partial charge in [-0.15, -0.1) is 0 Å². The van der Waals surface area contributed by atoms with Crippen LogP contribution in [-0.4, -0.2) is 24.5 Å². The molecule has 0 spiro atoms. The van der Waals surface area contributed by atoms with E-state index in [2.05, 4.69) is 17.6 Å². The Balaban J connectivity index is 1.57. The van der Waals surface area contributed by atoms with Crippen LogP contribution in [0.25, 0.3) is 0 Å². The third-order valence-corrected chi connectivity index (χ3v) is 5.09. The van der Waals surface area contributed by atoms with Crippen LogP contribution < -0.4 is 10.6 Å². The zero-order valence-electron chi connectivity index (χ0n) is 13.1. The molecular formula is C17H32N2O. The second-order valence-corrected chi connectivity index (χ2v) is 6.72. The van der Waals surface area contributed by atoms with E-state index >= 15 is 0 Å². The molecule has 2 aliphatic carbocycles. The van der Waals surface area contributed by atoms with E-state index in [1.54, 1.807) is 0 Å². The molecule has 3 nitrogen and oxygen atoms in total. The number of hydrogen-bond acceptors (Lipinski definition) is 2. The van der Waals surface area contributed by atoms with Gasteiger partial charge in [-0.1, -0.05) is 39.0 Å². The van der Waals surface area contributed by atoms with E-state index in [9.17, 15) is 4.79 Å². The van der Waals surface area contributed by atoms with Gasteiger partial charge in [0.2, 0.25) is 5.91 Å². The summed E-state index contributed by atoms with van der Waals surface area (Å²) in [7, 11) is 0. The molecule has 0 radical (unpaired) electrons. The van der Waals surface area contributed by atoms with E-state index < -0.39 is 0 Å². The summed E-state index contributed by atoms with van der Waals surface area (Å²) in [6, 6.07) is 1.11. The highest BCUT2D eigenvalue weighted by atomic mass is 16.1. The van der Waals surface area contributed by atoms with E-state index in [1.165, 1.54) is 44.9 Å². The molecule has 2 rings (SSSR count). The van der Waals surface area contributed by atoms with Crippen LogP contribution in [0.15, 0.2) is 0 Å². The van der Waals surface area contributed by atoms with E-state index in [0.717, 1.165) is 38.1 Å². The Morgan fingerprint density at radius 1 is 0.950 bits per heavy atom. The number of carbonyl (C=O) groups excluding carboxylic acids is 1. The van der Waals surface area contributed by atoms with Gasteiger partial charge in [0, 0.05) is 18.5 Å². The SMILES string of the molecule is CCNC1CCC(NC(=O)CCC2CCCCC2)CC1. The second kappa shape index (κ2) is 8.66. The molecule has 2 N–H and O–H groups in total. The predicted molar refractivity (Wildman–Crippen MR) is 83.7 cm³/mol. The molecule has 0 unspecified atom stereocenters. The molecule has 1 amide bonds. The third-order valence-electron chi connectivity index (χ3n) is 5.09. The molecule has 0 atom stereocenters. The van der Waals surface area contributed by atoms with Crippen molar-refractivity contribution in [1.82, 2.24) is 10.6 Å². The molecule has 0 heterocycles. The Bertz CT molecular complexity index is 279. The van der Waals surface area contributed by atoms with E-state index in [1.807, 2.05) is 0 Å². The van der Waals surface area contributed by atoms with Crippen molar-refractivity contribution in [3.63, 3.8) is 0 Å². The van der Waals surface area contributed by atoms with E-state index in [0.29, 0.717) is 18.0 Å². The average molecular weight is 280 g/mol. The van der Waals surface area contributed by atoms with Crippen molar-refractivity contribution >= 4 is 5.91 Å². The molecule has 2 aliphatic rings. The van der Waals surface area contributed by atoms with Gasteiger partial charge in [-0.3, -0.25) is 4.79 Å². The molecule has 2 fully saturated rings. The summed E-state index contributed by atoms with van der Waals surface area (Å²) in [6.45, 7) is 3.22. The van der Waals surface area contributed by atoms with Crippen LogP contribution in [0.2, 0.25) is 0 Å². The van der Waals surface area contributed by atoms with Crippen molar-refractivity contribution in [3.05, 3.63) is 0 Å². The lowest BCUT2D eigenvalue weighted by Crippen LogP contribution is -2.42. The molecule has 2 saturated carbocycles. The van der Waals surface area contributed by atoms with Crippen LogP contribution in [0.1, 0.15) is 77.6 Å². The van der Waals surface area contributed by atoms with Gasteiger partial charge in [-0.2, -0.15) is 0 Å². The normalized spacial score (nSPS) is 28.2. The molecule has 0 aromatic carbocycles. The number of nitrogens with one attached hydrogen (secondary N) is 2. The quantitative estimate of drug-likeness (QED) is 0.783. The highest BCUT2D eigenvalue weighted by Gasteiger charge is 2.22. The summed E-state index contributed by atoms with van der Waals surface area (Å²) in [5, 5.41) is 6.77. The summed E-state index contributed by atoms with van der Waals surface area (Å²) in [5.74, 6) is 1.11. The Kier molecular flexibility index (Phi) is 6.85. The van der Waals surface area contributed by atoms with Crippen LogP contribution in [0.3, 0.4) is 0 Å². The lowest BCUT2D eigenvalue weighted by molar-refractivity contribution is -0.122. The first kappa shape index (κ1) is 15.8. The van der Waals surface area contributed by atoms with Crippen LogP contribution in [0.4, 0.5) is 0 Å². The van der Waals surface area contributed by atoms with Gasteiger partial charge in [0.25, 0.3) is 0 Å². The maximum Gasteiger partial charge on any atom is 0.220 e. The minimum atomic E-state index is 0.294. The number of amides is 1. The zero-order valence-corrected chi connectivity index (χ0v) is 13.1. The van der Waals surface area contributed by atoms with Gasteiger partial charge in [-0.05, 0) is 44.6 Å². The average Bonchev–Trinajstić information content (AvgIpc) is 2.49. The Hall–Kier alpha value is -0.570. The first-order chi connectivity index (χ1) is 9.78. The monoisotopic (exact) mass is 280 g/mol. The Morgan fingerprint density at radius 3 is 2.25 bits per heavy atom. The number of rotatable bonds is 6. The molecule has 116 valence electrons. The fraction of sp³-hybridized carbons (Fsp3) is 0.941. The molecule has 0 aromatic rings. The van der Waals surface area contributed by atoms with Gasteiger partial charge in [-0.25, -0.2) is 0 Å². The highest BCUT2D eigenvalue weighted by Crippen LogP contribution is 2.27. The third kappa shape index (κ3) is 5.43. The van der Waals surface area contributed by atoms with Crippen molar-refractivity contribution in [2.24, 2.45) is 5.92 Å². The van der Waals surface area contributed by atoms with Crippen molar-refractivity contribution in [2.45, 2.75) is 89.6 Å². The minimum absolute atomic E-state index is 0.294. The highest BCUT2D eigenvalue weighted by molar-refractivity contribution is 5.76. The lowest BCUT2D eigenvalue weighted by atomic mass is 9.86. The maximum atomic E-state index is 12.0. The molecule has 0 aromatic heterocycles. The summed E-state index contributed by atoms with van der Waals surface area (Å²) < 4.78 is 0. The molecule has 0 bridgehead atoms. The van der Waals surface area contributed by atoms with Crippen LogP contribution >= 0.6 is 0 Å². The Morgan fingerprint density at radius 2 is 1.60 bits per heavy atom. The largest absolute Gasteiger partial charge is 0.353 e. The number of hydrogen-bond donors (Lipinski definition) is 2.